The second-order valence-electron chi connectivity index (χ2n) is 3.37. The van der Waals surface area contributed by atoms with Crippen LogP contribution < -0.4 is 10.6 Å². The average molecular weight is 238 g/mol. The van der Waals surface area contributed by atoms with Crippen LogP contribution in [-0.4, -0.2) is 33.6 Å². The number of anilines is 1. The number of nitrogens with one attached hydrogen (secondary N) is 2. The van der Waals surface area contributed by atoms with Crippen LogP contribution in [0.3, 0.4) is 0 Å². The Bertz CT molecular complexity index is 408. The van der Waals surface area contributed by atoms with Gasteiger partial charge in [0, 0.05) is 19.2 Å². The van der Waals surface area contributed by atoms with Crippen LogP contribution in [0.4, 0.5) is 10.6 Å². The van der Waals surface area contributed by atoms with Crippen molar-refractivity contribution in [3.05, 3.63) is 18.1 Å². The van der Waals surface area contributed by atoms with Crippen LogP contribution in [0.2, 0.25) is 0 Å². The largest absolute Gasteiger partial charge is 0.481 e. The van der Waals surface area contributed by atoms with Gasteiger partial charge < -0.3 is 10.4 Å². The summed E-state index contributed by atoms with van der Waals surface area (Å²) in [5.74, 6) is 0.0977. The molecule has 1 heterocycles. The summed E-state index contributed by atoms with van der Waals surface area (Å²) in [6.45, 7) is 2.03. The van der Waals surface area contributed by atoms with Gasteiger partial charge in [0.25, 0.3) is 0 Å². The Morgan fingerprint density at radius 3 is 2.88 bits per heavy atom. The third-order valence-corrected chi connectivity index (χ3v) is 1.87. The molecule has 0 aromatic carbocycles. The molecular formula is C10H14N4O3. The van der Waals surface area contributed by atoms with E-state index in [0.717, 1.165) is 0 Å². The molecule has 7 nitrogen and oxygen atoms in total. The van der Waals surface area contributed by atoms with Gasteiger partial charge in [-0.15, -0.1) is 0 Å². The number of carbonyl (C=O) groups excluding carboxylic acids is 1. The van der Waals surface area contributed by atoms with Crippen molar-refractivity contribution in [1.29, 1.82) is 0 Å². The monoisotopic (exact) mass is 238 g/mol. The SMILES string of the molecule is Cc1nccc(NC(=O)NCCCC(=O)O)n1. The molecule has 1 aromatic rings. The Hall–Kier alpha value is -2.18. The van der Waals surface area contributed by atoms with Gasteiger partial charge in [-0.3, -0.25) is 10.1 Å². The molecule has 92 valence electrons. The first-order valence-corrected chi connectivity index (χ1v) is 5.14. The predicted octanol–water partition coefficient (Wildman–Crippen LogP) is 0.771. The highest BCUT2D eigenvalue weighted by atomic mass is 16.4. The summed E-state index contributed by atoms with van der Waals surface area (Å²) in [5.41, 5.74) is 0. The van der Waals surface area contributed by atoms with E-state index in [4.69, 9.17) is 5.11 Å². The topological polar surface area (TPSA) is 104 Å². The Labute approximate surface area is 98.3 Å². The lowest BCUT2D eigenvalue weighted by atomic mass is 10.3. The summed E-state index contributed by atoms with van der Waals surface area (Å²) >= 11 is 0. The number of nitrogens with zero attached hydrogens (tertiary/aromatic N) is 2. The van der Waals surface area contributed by atoms with E-state index in [1.54, 1.807) is 19.2 Å². The van der Waals surface area contributed by atoms with Crippen molar-refractivity contribution in [2.24, 2.45) is 0 Å². The standard InChI is InChI=1S/C10H14N4O3/c1-7-11-6-4-8(13-7)14-10(17)12-5-2-3-9(15)16/h4,6H,2-3,5H2,1H3,(H,15,16)(H2,11,12,13,14,17). The van der Waals surface area contributed by atoms with E-state index in [-0.39, 0.29) is 6.42 Å². The number of aliphatic carboxylic acids is 1. The van der Waals surface area contributed by atoms with Gasteiger partial charge in [-0.1, -0.05) is 0 Å². The molecule has 0 bridgehead atoms. The van der Waals surface area contributed by atoms with E-state index < -0.39 is 12.0 Å². The van der Waals surface area contributed by atoms with Crippen molar-refractivity contribution < 1.29 is 14.7 Å². The molecule has 0 saturated carbocycles. The first kappa shape index (κ1) is 12.9. The van der Waals surface area contributed by atoms with Gasteiger partial charge in [-0.25, -0.2) is 14.8 Å². The minimum absolute atomic E-state index is 0.0346. The number of carboxylic acids is 1. The molecule has 2 amide bonds. The molecule has 7 heteroatoms. The van der Waals surface area contributed by atoms with E-state index in [2.05, 4.69) is 20.6 Å². The summed E-state index contributed by atoms with van der Waals surface area (Å²) in [7, 11) is 0. The van der Waals surface area contributed by atoms with Crippen LogP contribution in [0.25, 0.3) is 0 Å². The fraction of sp³-hybridized carbons (Fsp3) is 0.400. The second kappa shape index (κ2) is 6.41. The van der Waals surface area contributed by atoms with E-state index in [1.165, 1.54) is 0 Å². The molecule has 0 aliphatic heterocycles. The number of carbonyl (C=O) groups is 2. The number of carboxylic acid groups (broad SMARTS) is 1. The van der Waals surface area contributed by atoms with Crippen molar-refractivity contribution in [1.82, 2.24) is 15.3 Å². The van der Waals surface area contributed by atoms with Crippen LogP contribution in [0, 0.1) is 6.92 Å². The van der Waals surface area contributed by atoms with Gasteiger partial charge >= 0.3 is 12.0 Å². The van der Waals surface area contributed by atoms with Crippen molar-refractivity contribution in [2.45, 2.75) is 19.8 Å². The smallest absolute Gasteiger partial charge is 0.320 e. The zero-order valence-electron chi connectivity index (χ0n) is 9.43. The predicted molar refractivity (Wildman–Crippen MR) is 60.7 cm³/mol. The van der Waals surface area contributed by atoms with Crippen molar-refractivity contribution in [3.63, 3.8) is 0 Å². The molecule has 1 aromatic heterocycles. The van der Waals surface area contributed by atoms with Gasteiger partial charge in [-0.05, 0) is 19.4 Å². The molecule has 0 fully saturated rings. The van der Waals surface area contributed by atoms with Crippen LogP contribution in [-0.2, 0) is 4.79 Å². The third-order valence-electron chi connectivity index (χ3n) is 1.87. The first-order valence-electron chi connectivity index (χ1n) is 5.14. The van der Waals surface area contributed by atoms with Crippen LogP contribution in [0.5, 0.6) is 0 Å². The Balaban J connectivity index is 2.27. The van der Waals surface area contributed by atoms with Gasteiger partial charge in [0.1, 0.15) is 11.6 Å². The Morgan fingerprint density at radius 2 is 2.24 bits per heavy atom. The number of hydrogen-bond acceptors (Lipinski definition) is 4. The fourth-order valence-electron chi connectivity index (χ4n) is 1.13. The molecule has 1 rings (SSSR count). The maximum Gasteiger partial charge on any atom is 0.320 e. The minimum Gasteiger partial charge on any atom is -0.481 e. The Kier molecular flexibility index (Phi) is 4.86. The summed E-state index contributed by atoms with van der Waals surface area (Å²) in [6, 6.07) is 1.16. The van der Waals surface area contributed by atoms with Gasteiger partial charge in [0.15, 0.2) is 0 Å². The molecule has 0 radical (unpaired) electrons. The molecule has 0 aliphatic rings. The van der Waals surface area contributed by atoms with Gasteiger partial charge in [0.2, 0.25) is 0 Å². The zero-order chi connectivity index (χ0) is 12.7. The second-order valence-corrected chi connectivity index (χ2v) is 3.37. The van der Waals surface area contributed by atoms with Crippen molar-refractivity contribution in [2.75, 3.05) is 11.9 Å². The molecule has 0 atom stereocenters. The van der Waals surface area contributed by atoms with Crippen LogP contribution >= 0.6 is 0 Å². The molecule has 0 unspecified atom stereocenters. The lowest BCUT2D eigenvalue weighted by Crippen LogP contribution is -2.30. The van der Waals surface area contributed by atoms with Crippen LogP contribution in [0.1, 0.15) is 18.7 Å². The van der Waals surface area contributed by atoms with Gasteiger partial charge in [-0.2, -0.15) is 0 Å². The number of urea groups is 1. The molecule has 17 heavy (non-hydrogen) atoms. The fourth-order valence-corrected chi connectivity index (χ4v) is 1.13. The molecule has 0 aliphatic carbocycles. The molecule has 3 N–H and O–H groups in total. The van der Waals surface area contributed by atoms with E-state index in [9.17, 15) is 9.59 Å². The van der Waals surface area contributed by atoms with Gasteiger partial charge in [0.05, 0.1) is 0 Å². The zero-order valence-corrected chi connectivity index (χ0v) is 9.43. The lowest BCUT2D eigenvalue weighted by Gasteiger charge is -2.06. The third kappa shape index (κ3) is 5.45. The minimum atomic E-state index is -0.876. The number of aryl methyl sites for hydroxylation is 1. The molecule has 0 spiro atoms. The van der Waals surface area contributed by atoms with E-state index in [1.807, 2.05) is 0 Å². The number of amides is 2. The summed E-state index contributed by atoms with van der Waals surface area (Å²) in [6.07, 6.45) is 1.97. The lowest BCUT2D eigenvalue weighted by molar-refractivity contribution is -0.137. The Morgan fingerprint density at radius 1 is 1.47 bits per heavy atom. The van der Waals surface area contributed by atoms with E-state index >= 15 is 0 Å². The highest BCUT2D eigenvalue weighted by Gasteiger charge is 2.03. The summed E-state index contributed by atoms with van der Waals surface area (Å²) < 4.78 is 0. The summed E-state index contributed by atoms with van der Waals surface area (Å²) in [5, 5.41) is 13.5. The highest BCUT2D eigenvalue weighted by Crippen LogP contribution is 2.00. The molecular weight excluding hydrogens is 224 g/mol. The highest BCUT2D eigenvalue weighted by molar-refractivity contribution is 5.88. The molecule has 0 saturated heterocycles. The van der Waals surface area contributed by atoms with Crippen LogP contribution in [0.15, 0.2) is 12.3 Å². The number of aromatic nitrogens is 2. The van der Waals surface area contributed by atoms with E-state index in [0.29, 0.717) is 24.6 Å². The van der Waals surface area contributed by atoms with Crippen molar-refractivity contribution >= 4 is 17.8 Å². The van der Waals surface area contributed by atoms with Crippen molar-refractivity contribution in [3.8, 4) is 0 Å². The first-order chi connectivity index (χ1) is 8.08. The number of rotatable bonds is 5. The maximum absolute atomic E-state index is 11.3. The maximum atomic E-state index is 11.3. The number of hydrogen-bond donors (Lipinski definition) is 3. The normalized spacial score (nSPS) is 9.71. The quantitative estimate of drug-likeness (QED) is 0.657. The average Bonchev–Trinajstić information content (AvgIpc) is 2.24. The summed E-state index contributed by atoms with van der Waals surface area (Å²) in [4.78, 5) is 29.5.